The number of aromatic nitrogens is 2. The van der Waals surface area contributed by atoms with Crippen molar-refractivity contribution in [3.63, 3.8) is 0 Å². The zero-order chi connectivity index (χ0) is 21.3. The van der Waals surface area contributed by atoms with Crippen LogP contribution in [0.25, 0.3) is 21.3 Å². The van der Waals surface area contributed by atoms with E-state index >= 15 is 0 Å². The van der Waals surface area contributed by atoms with Gasteiger partial charge in [0.15, 0.2) is 0 Å². The van der Waals surface area contributed by atoms with E-state index in [9.17, 15) is 9.18 Å². The van der Waals surface area contributed by atoms with Gasteiger partial charge in [0.2, 0.25) is 0 Å². The summed E-state index contributed by atoms with van der Waals surface area (Å²) in [4.78, 5) is 13.2. The third-order valence-corrected chi connectivity index (χ3v) is 6.16. The Kier molecular flexibility index (Phi) is 5.72. The summed E-state index contributed by atoms with van der Waals surface area (Å²) in [5.41, 5.74) is 7.72. The minimum atomic E-state index is -0.374. The average molecular weight is 445 g/mol. The molecule has 0 aliphatic rings. The van der Waals surface area contributed by atoms with E-state index in [0.29, 0.717) is 44.6 Å². The van der Waals surface area contributed by atoms with E-state index in [4.69, 9.17) is 22.1 Å². The van der Waals surface area contributed by atoms with Crippen LogP contribution in [0.5, 0.6) is 5.75 Å². The summed E-state index contributed by atoms with van der Waals surface area (Å²) < 4.78 is 21.6. The van der Waals surface area contributed by atoms with Gasteiger partial charge in [-0.05, 0) is 42.5 Å². The van der Waals surface area contributed by atoms with Crippen molar-refractivity contribution in [3.8, 4) is 17.0 Å². The number of aryl methyl sites for hydroxylation is 1. The molecule has 9 heteroatoms. The van der Waals surface area contributed by atoms with Crippen molar-refractivity contribution in [1.82, 2.24) is 9.78 Å². The fourth-order valence-corrected chi connectivity index (χ4v) is 4.55. The fourth-order valence-electron chi connectivity index (χ4n) is 3.11. The second kappa shape index (κ2) is 8.43. The molecule has 2 aromatic carbocycles. The standard InChI is InChI=1S/C21H18ClFN4O2S/c1-27-16(6-8-25-27)15-11-13(3-5-17(15)29-9-7-24)26-21(28)20-19(22)14-4-2-12(23)10-18(14)30-20/h2-6,8,10-11H,7,9,24H2,1H3,(H,26,28). The van der Waals surface area contributed by atoms with Gasteiger partial charge in [-0.15, -0.1) is 11.3 Å². The van der Waals surface area contributed by atoms with Crippen molar-refractivity contribution >= 4 is 44.6 Å². The van der Waals surface area contributed by atoms with E-state index < -0.39 is 0 Å². The molecule has 4 aromatic rings. The number of nitrogens with zero attached hydrogens (tertiary/aromatic N) is 2. The zero-order valence-corrected chi connectivity index (χ0v) is 17.6. The minimum absolute atomic E-state index is 0.308. The highest BCUT2D eigenvalue weighted by molar-refractivity contribution is 7.21. The van der Waals surface area contributed by atoms with Crippen LogP contribution < -0.4 is 15.8 Å². The molecule has 0 saturated heterocycles. The molecular formula is C21H18ClFN4O2S. The highest BCUT2D eigenvalue weighted by atomic mass is 35.5. The molecule has 0 spiro atoms. The van der Waals surface area contributed by atoms with Crippen LogP contribution in [0.4, 0.5) is 10.1 Å². The number of amides is 1. The summed E-state index contributed by atoms with van der Waals surface area (Å²) >= 11 is 7.52. The highest BCUT2D eigenvalue weighted by Gasteiger charge is 2.19. The van der Waals surface area contributed by atoms with Crippen LogP contribution in [0.15, 0.2) is 48.7 Å². The second-order valence-electron chi connectivity index (χ2n) is 6.53. The molecule has 0 aliphatic heterocycles. The Morgan fingerprint density at radius 2 is 2.13 bits per heavy atom. The molecule has 30 heavy (non-hydrogen) atoms. The number of rotatable bonds is 6. The van der Waals surface area contributed by atoms with Crippen LogP contribution in [0, 0.1) is 5.82 Å². The van der Waals surface area contributed by atoms with Crippen LogP contribution in [0.3, 0.4) is 0 Å². The van der Waals surface area contributed by atoms with E-state index in [2.05, 4.69) is 10.4 Å². The Morgan fingerprint density at radius 1 is 1.30 bits per heavy atom. The largest absolute Gasteiger partial charge is 0.492 e. The Labute approximate surface area is 181 Å². The van der Waals surface area contributed by atoms with Crippen molar-refractivity contribution < 1.29 is 13.9 Å². The quantitative estimate of drug-likeness (QED) is 0.452. The number of anilines is 1. The topological polar surface area (TPSA) is 82.2 Å². The first-order valence-electron chi connectivity index (χ1n) is 9.12. The van der Waals surface area contributed by atoms with Gasteiger partial charge >= 0.3 is 0 Å². The van der Waals surface area contributed by atoms with Crippen molar-refractivity contribution in [2.45, 2.75) is 0 Å². The normalized spacial score (nSPS) is 11.1. The number of hydrogen-bond donors (Lipinski definition) is 2. The summed E-state index contributed by atoms with van der Waals surface area (Å²) in [7, 11) is 1.82. The van der Waals surface area contributed by atoms with Gasteiger partial charge in [0.1, 0.15) is 23.1 Å². The molecule has 0 unspecified atom stereocenters. The van der Waals surface area contributed by atoms with E-state index in [-0.39, 0.29) is 11.7 Å². The summed E-state index contributed by atoms with van der Waals surface area (Å²) in [5, 5.41) is 8.02. The van der Waals surface area contributed by atoms with Gasteiger partial charge in [-0.3, -0.25) is 9.48 Å². The van der Waals surface area contributed by atoms with Crippen LogP contribution in [0.2, 0.25) is 5.02 Å². The molecule has 0 bridgehead atoms. The minimum Gasteiger partial charge on any atom is -0.492 e. The Hall–Kier alpha value is -2.94. The monoisotopic (exact) mass is 444 g/mol. The number of fused-ring (bicyclic) bond motifs is 1. The third-order valence-electron chi connectivity index (χ3n) is 4.51. The van der Waals surface area contributed by atoms with Gasteiger partial charge in [-0.1, -0.05) is 11.6 Å². The van der Waals surface area contributed by atoms with Crippen molar-refractivity contribution in [3.05, 3.63) is 64.4 Å². The maximum absolute atomic E-state index is 13.5. The molecule has 2 heterocycles. The number of carbonyl (C=O) groups excluding carboxylic acids is 1. The van der Waals surface area contributed by atoms with Gasteiger partial charge in [0.05, 0.1) is 10.7 Å². The molecular weight excluding hydrogens is 427 g/mol. The number of carbonyl (C=O) groups is 1. The number of nitrogens with two attached hydrogens (primary N) is 1. The van der Waals surface area contributed by atoms with E-state index in [1.165, 1.54) is 12.1 Å². The predicted octanol–water partition coefficient (Wildman–Crippen LogP) is 4.68. The van der Waals surface area contributed by atoms with Crippen molar-refractivity contribution in [2.24, 2.45) is 12.8 Å². The number of halogens is 2. The fraction of sp³-hybridized carbons (Fsp3) is 0.143. The Morgan fingerprint density at radius 3 is 2.87 bits per heavy atom. The van der Waals surface area contributed by atoms with Crippen molar-refractivity contribution in [1.29, 1.82) is 0 Å². The van der Waals surface area contributed by atoms with Gasteiger partial charge in [0.25, 0.3) is 5.91 Å². The Balaban J connectivity index is 1.67. The van der Waals surface area contributed by atoms with E-state index in [0.717, 1.165) is 22.6 Å². The molecule has 0 saturated carbocycles. The number of thiophene rings is 1. The average Bonchev–Trinajstić information content (AvgIpc) is 3.29. The van der Waals surface area contributed by atoms with Gasteiger partial charge < -0.3 is 15.8 Å². The number of benzene rings is 2. The molecule has 2 aromatic heterocycles. The maximum atomic E-state index is 13.5. The first kappa shape index (κ1) is 20.3. The molecule has 0 radical (unpaired) electrons. The summed E-state index contributed by atoms with van der Waals surface area (Å²) in [5.74, 6) is -0.105. The highest BCUT2D eigenvalue weighted by Crippen LogP contribution is 2.37. The molecule has 0 atom stereocenters. The van der Waals surface area contributed by atoms with Crippen LogP contribution in [0.1, 0.15) is 9.67 Å². The number of nitrogens with one attached hydrogen (secondary N) is 1. The summed E-state index contributed by atoms with van der Waals surface area (Å²) in [6, 6.07) is 11.4. The molecule has 0 aliphatic carbocycles. The van der Waals surface area contributed by atoms with Crippen LogP contribution in [-0.4, -0.2) is 28.8 Å². The van der Waals surface area contributed by atoms with Gasteiger partial charge in [-0.25, -0.2) is 4.39 Å². The number of ether oxygens (including phenoxy) is 1. The molecule has 4 rings (SSSR count). The van der Waals surface area contributed by atoms with E-state index in [1.807, 2.05) is 19.2 Å². The maximum Gasteiger partial charge on any atom is 0.267 e. The van der Waals surface area contributed by atoms with Crippen LogP contribution in [-0.2, 0) is 7.05 Å². The third kappa shape index (κ3) is 3.89. The number of hydrogen-bond acceptors (Lipinski definition) is 5. The lowest BCUT2D eigenvalue weighted by atomic mass is 10.1. The smallest absolute Gasteiger partial charge is 0.267 e. The Bertz CT molecular complexity index is 1240. The lowest BCUT2D eigenvalue weighted by molar-refractivity contribution is 0.103. The first-order chi connectivity index (χ1) is 14.5. The van der Waals surface area contributed by atoms with Crippen molar-refractivity contribution in [2.75, 3.05) is 18.5 Å². The SMILES string of the molecule is Cn1nccc1-c1cc(NC(=O)c2sc3cc(F)ccc3c2Cl)ccc1OCCN. The predicted molar refractivity (Wildman–Crippen MR) is 118 cm³/mol. The molecule has 154 valence electrons. The lowest BCUT2D eigenvalue weighted by Gasteiger charge is -2.13. The molecule has 0 fully saturated rings. The second-order valence-corrected chi connectivity index (χ2v) is 7.96. The van der Waals surface area contributed by atoms with Gasteiger partial charge in [-0.2, -0.15) is 5.10 Å². The van der Waals surface area contributed by atoms with E-state index in [1.54, 1.807) is 29.1 Å². The van der Waals surface area contributed by atoms with Gasteiger partial charge in [0, 0.05) is 41.1 Å². The zero-order valence-electron chi connectivity index (χ0n) is 16.0. The van der Waals surface area contributed by atoms with Crippen LogP contribution >= 0.6 is 22.9 Å². The summed E-state index contributed by atoms with van der Waals surface area (Å²) in [6.45, 7) is 0.749. The lowest BCUT2D eigenvalue weighted by Crippen LogP contribution is -2.13. The molecule has 3 N–H and O–H groups in total. The molecule has 6 nitrogen and oxygen atoms in total. The molecule has 1 amide bonds. The first-order valence-corrected chi connectivity index (χ1v) is 10.3. The summed E-state index contributed by atoms with van der Waals surface area (Å²) in [6.07, 6.45) is 1.68.